The maximum atomic E-state index is 5.74. The van der Waals surface area contributed by atoms with Crippen molar-refractivity contribution in [3.05, 3.63) is 18.2 Å². The molecule has 0 spiro atoms. The number of pyridine rings is 1. The Morgan fingerprint density at radius 3 is 1.67 bits per heavy atom. The van der Waals surface area contributed by atoms with Crippen molar-refractivity contribution >= 4 is 0 Å². The molecule has 3 rings (SSSR count). The minimum absolute atomic E-state index is 0.681. The second-order valence-corrected chi connectivity index (χ2v) is 6.82. The van der Waals surface area contributed by atoms with Gasteiger partial charge >= 0.3 is 0 Å². The van der Waals surface area contributed by atoms with Gasteiger partial charge in [0.05, 0.1) is 13.2 Å². The third-order valence-corrected chi connectivity index (χ3v) is 4.51. The molecule has 0 unspecified atom stereocenters. The highest BCUT2D eigenvalue weighted by molar-refractivity contribution is 5.19. The van der Waals surface area contributed by atoms with Gasteiger partial charge in [0, 0.05) is 38.3 Å². The van der Waals surface area contributed by atoms with Crippen LogP contribution < -0.4 is 9.47 Å². The molecule has 5 nitrogen and oxygen atoms in total. The summed E-state index contributed by atoms with van der Waals surface area (Å²) < 4.78 is 11.5. The molecule has 0 aromatic carbocycles. The Hall–Kier alpha value is -1.33. The molecule has 1 aromatic rings. The Morgan fingerprint density at radius 2 is 1.21 bits per heavy atom. The Morgan fingerprint density at radius 1 is 0.708 bits per heavy atom. The molecule has 3 heterocycles. The third-order valence-electron chi connectivity index (χ3n) is 4.51. The summed E-state index contributed by atoms with van der Waals surface area (Å²) in [6.45, 7) is 9.17. The molecule has 2 aliphatic heterocycles. The summed E-state index contributed by atoms with van der Waals surface area (Å²) in [5.41, 5.74) is 0. The summed E-state index contributed by atoms with van der Waals surface area (Å²) in [6, 6.07) is 5.78. The SMILES string of the molecule is c1cc(OCCCCCN2CC2)nc(OCCCCCN2CC2)c1. The van der Waals surface area contributed by atoms with Gasteiger partial charge in [0.2, 0.25) is 11.8 Å². The van der Waals surface area contributed by atoms with Crippen molar-refractivity contribution in [1.29, 1.82) is 0 Å². The topological polar surface area (TPSA) is 37.4 Å². The lowest BCUT2D eigenvalue weighted by atomic mass is 10.2. The highest BCUT2D eigenvalue weighted by Crippen LogP contribution is 2.15. The van der Waals surface area contributed by atoms with E-state index in [0.29, 0.717) is 11.8 Å². The van der Waals surface area contributed by atoms with Crippen molar-refractivity contribution in [2.45, 2.75) is 38.5 Å². The zero-order valence-corrected chi connectivity index (χ0v) is 14.8. The van der Waals surface area contributed by atoms with Crippen molar-refractivity contribution in [1.82, 2.24) is 14.8 Å². The maximum Gasteiger partial charge on any atom is 0.216 e. The highest BCUT2D eigenvalue weighted by Gasteiger charge is 2.15. The van der Waals surface area contributed by atoms with Crippen LogP contribution in [0.1, 0.15) is 38.5 Å². The highest BCUT2D eigenvalue weighted by atomic mass is 16.5. The third kappa shape index (κ3) is 7.49. The van der Waals surface area contributed by atoms with E-state index in [2.05, 4.69) is 14.8 Å². The summed E-state index contributed by atoms with van der Waals surface area (Å²) in [5.74, 6) is 1.36. The molecule has 0 radical (unpaired) electrons. The maximum absolute atomic E-state index is 5.74. The lowest BCUT2D eigenvalue weighted by molar-refractivity contribution is 0.268. The van der Waals surface area contributed by atoms with Gasteiger partial charge in [0.1, 0.15) is 0 Å². The zero-order valence-electron chi connectivity index (χ0n) is 14.8. The smallest absolute Gasteiger partial charge is 0.216 e. The van der Waals surface area contributed by atoms with Crippen molar-refractivity contribution in [2.24, 2.45) is 0 Å². The van der Waals surface area contributed by atoms with Crippen LogP contribution in [0.2, 0.25) is 0 Å². The van der Waals surface area contributed by atoms with Crippen LogP contribution in [0.3, 0.4) is 0 Å². The van der Waals surface area contributed by atoms with Crippen LogP contribution in [-0.2, 0) is 0 Å². The minimum atomic E-state index is 0.681. The normalized spacial score (nSPS) is 17.0. The fraction of sp³-hybridized carbons (Fsp3) is 0.737. The first-order valence-electron chi connectivity index (χ1n) is 9.57. The zero-order chi connectivity index (χ0) is 16.5. The molecule has 1 aromatic heterocycles. The molecule has 0 amide bonds. The van der Waals surface area contributed by atoms with Crippen LogP contribution in [0.15, 0.2) is 18.2 Å². The van der Waals surface area contributed by atoms with Gasteiger partial charge in [0.15, 0.2) is 0 Å². The molecule has 24 heavy (non-hydrogen) atoms. The quantitative estimate of drug-likeness (QED) is 0.387. The van der Waals surface area contributed by atoms with Crippen LogP contribution in [0.25, 0.3) is 0 Å². The van der Waals surface area contributed by atoms with E-state index < -0.39 is 0 Å². The fourth-order valence-electron chi connectivity index (χ4n) is 2.73. The number of nitrogens with zero attached hydrogens (tertiary/aromatic N) is 3. The summed E-state index contributed by atoms with van der Waals surface area (Å²) in [7, 11) is 0. The van der Waals surface area contributed by atoms with Crippen LogP contribution in [0.4, 0.5) is 0 Å². The van der Waals surface area contributed by atoms with Crippen molar-refractivity contribution in [2.75, 3.05) is 52.5 Å². The Labute approximate surface area is 145 Å². The molecule has 0 N–H and O–H groups in total. The lowest BCUT2D eigenvalue weighted by Crippen LogP contribution is -2.04. The van der Waals surface area contributed by atoms with Crippen LogP contribution in [0.5, 0.6) is 11.8 Å². The Kier molecular flexibility index (Phi) is 7.17. The first kappa shape index (κ1) is 17.5. The molecule has 2 fully saturated rings. The number of hydrogen-bond acceptors (Lipinski definition) is 5. The van der Waals surface area contributed by atoms with Crippen LogP contribution in [-0.4, -0.2) is 67.3 Å². The summed E-state index contributed by atoms with van der Waals surface area (Å²) in [6.07, 6.45) is 7.19. The van der Waals surface area contributed by atoms with Crippen molar-refractivity contribution < 1.29 is 9.47 Å². The summed E-state index contributed by atoms with van der Waals surface area (Å²) >= 11 is 0. The van der Waals surface area contributed by atoms with Gasteiger partial charge in [0.25, 0.3) is 0 Å². The standard InChI is InChI=1S/C19H31N3O2/c1(3-10-21-12-13-21)5-16-23-18-8-7-9-19(20-18)24-17-6-2-4-11-22-14-15-22/h7-9H,1-6,10-17H2. The van der Waals surface area contributed by atoms with Gasteiger partial charge in [-0.25, -0.2) is 0 Å². The van der Waals surface area contributed by atoms with E-state index >= 15 is 0 Å². The largest absolute Gasteiger partial charge is 0.478 e. The first-order valence-corrected chi connectivity index (χ1v) is 9.57. The summed E-state index contributed by atoms with van der Waals surface area (Å²) in [4.78, 5) is 9.35. The van der Waals surface area contributed by atoms with Gasteiger partial charge < -0.3 is 19.3 Å². The number of ether oxygens (including phenoxy) is 2. The average molecular weight is 333 g/mol. The van der Waals surface area contributed by atoms with E-state index in [9.17, 15) is 0 Å². The molecular weight excluding hydrogens is 302 g/mol. The van der Waals surface area contributed by atoms with E-state index in [1.165, 1.54) is 65.0 Å². The number of hydrogen-bond donors (Lipinski definition) is 0. The molecule has 0 aliphatic carbocycles. The molecule has 0 saturated carbocycles. The van der Waals surface area contributed by atoms with Gasteiger partial charge in [-0.3, -0.25) is 0 Å². The van der Waals surface area contributed by atoms with Crippen molar-refractivity contribution in [3.8, 4) is 11.8 Å². The van der Waals surface area contributed by atoms with Crippen LogP contribution in [0, 0.1) is 0 Å². The van der Waals surface area contributed by atoms with E-state index in [0.717, 1.165) is 26.1 Å². The Balaban J connectivity index is 1.21. The first-order chi connectivity index (χ1) is 11.9. The lowest BCUT2D eigenvalue weighted by Gasteiger charge is -2.08. The minimum Gasteiger partial charge on any atom is -0.478 e. The second kappa shape index (κ2) is 9.84. The molecule has 2 saturated heterocycles. The molecule has 2 aliphatic rings. The molecule has 5 heteroatoms. The van der Waals surface area contributed by atoms with Crippen LogP contribution >= 0.6 is 0 Å². The number of aromatic nitrogens is 1. The monoisotopic (exact) mass is 333 g/mol. The Bertz CT molecular complexity index is 436. The molecule has 0 bridgehead atoms. The van der Waals surface area contributed by atoms with Gasteiger partial charge in [-0.2, -0.15) is 4.98 Å². The predicted octanol–water partition coefficient (Wildman–Crippen LogP) is 2.81. The van der Waals surface area contributed by atoms with Crippen molar-refractivity contribution in [3.63, 3.8) is 0 Å². The predicted molar refractivity (Wildman–Crippen MR) is 95.8 cm³/mol. The van der Waals surface area contributed by atoms with Gasteiger partial charge in [-0.15, -0.1) is 0 Å². The fourth-order valence-corrected chi connectivity index (χ4v) is 2.73. The second-order valence-electron chi connectivity index (χ2n) is 6.82. The van der Waals surface area contributed by atoms with E-state index in [1.807, 2.05) is 18.2 Å². The van der Waals surface area contributed by atoms with Gasteiger partial charge in [-0.1, -0.05) is 6.07 Å². The van der Waals surface area contributed by atoms with E-state index in [-0.39, 0.29) is 0 Å². The average Bonchev–Trinajstić information content (AvgIpc) is 3.49. The van der Waals surface area contributed by atoms with E-state index in [1.54, 1.807) is 0 Å². The molecular formula is C19H31N3O2. The number of rotatable bonds is 14. The van der Waals surface area contributed by atoms with Gasteiger partial charge in [-0.05, 0) is 51.6 Å². The molecule has 0 atom stereocenters. The molecule has 134 valence electrons. The van der Waals surface area contributed by atoms with E-state index in [4.69, 9.17) is 9.47 Å². The summed E-state index contributed by atoms with van der Waals surface area (Å²) in [5, 5.41) is 0. The number of unbranched alkanes of at least 4 members (excludes halogenated alkanes) is 4.